The highest BCUT2D eigenvalue weighted by atomic mass is 16.5. The fraction of sp³-hybridized carbons (Fsp3) is 0.278. The largest absolute Gasteiger partial charge is 0.457 e. The molecule has 0 aliphatic carbocycles. The minimum Gasteiger partial charge on any atom is -0.457 e. The molecule has 0 aromatic heterocycles. The molecule has 2 rings (SSSR count). The average Bonchev–Trinajstić information content (AvgIpc) is 2.57. The Kier molecular flexibility index (Phi) is 6.03. The van der Waals surface area contributed by atoms with Gasteiger partial charge in [-0.05, 0) is 55.0 Å². The van der Waals surface area contributed by atoms with Gasteiger partial charge in [0, 0.05) is 24.5 Å². The SMILES string of the molecule is CCN(CC)NC(=O)Nc1ccc(Oc2ccc(N)cc2C)cc1. The lowest BCUT2D eigenvalue weighted by atomic mass is 10.2. The van der Waals surface area contributed by atoms with Gasteiger partial charge in [0.1, 0.15) is 11.5 Å². The van der Waals surface area contributed by atoms with Crippen molar-refractivity contribution >= 4 is 17.4 Å². The highest BCUT2D eigenvalue weighted by Gasteiger charge is 2.06. The quantitative estimate of drug-likeness (QED) is 0.557. The van der Waals surface area contributed by atoms with Crippen molar-refractivity contribution in [3.8, 4) is 11.5 Å². The van der Waals surface area contributed by atoms with Gasteiger partial charge < -0.3 is 15.8 Å². The van der Waals surface area contributed by atoms with Crippen LogP contribution >= 0.6 is 0 Å². The van der Waals surface area contributed by atoms with Gasteiger partial charge in [0.05, 0.1) is 0 Å². The van der Waals surface area contributed by atoms with Crippen LogP contribution in [0.5, 0.6) is 11.5 Å². The number of ether oxygens (including phenoxy) is 1. The minimum absolute atomic E-state index is 0.262. The smallest absolute Gasteiger partial charge is 0.333 e. The molecule has 0 atom stereocenters. The molecule has 0 saturated carbocycles. The van der Waals surface area contributed by atoms with Gasteiger partial charge in [-0.2, -0.15) is 0 Å². The molecule has 6 heteroatoms. The van der Waals surface area contributed by atoms with Crippen LogP contribution in [0.3, 0.4) is 0 Å². The summed E-state index contributed by atoms with van der Waals surface area (Å²) in [6, 6.07) is 12.5. The zero-order valence-electron chi connectivity index (χ0n) is 14.3. The first-order valence-electron chi connectivity index (χ1n) is 7.98. The lowest BCUT2D eigenvalue weighted by Crippen LogP contribution is -2.44. The van der Waals surface area contributed by atoms with E-state index in [2.05, 4.69) is 10.7 Å². The Labute approximate surface area is 142 Å². The first-order valence-corrected chi connectivity index (χ1v) is 7.98. The Morgan fingerprint density at radius 1 is 1.12 bits per heavy atom. The third kappa shape index (κ3) is 4.89. The van der Waals surface area contributed by atoms with E-state index in [1.807, 2.05) is 50.0 Å². The van der Waals surface area contributed by atoms with Gasteiger partial charge in [-0.25, -0.2) is 9.80 Å². The molecule has 24 heavy (non-hydrogen) atoms. The number of aryl methyl sites for hydroxylation is 1. The van der Waals surface area contributed by atoms with Crippen molar-refractivity contribution in [3.05, 3.63) is 48.0 Å². The number of hydrogen-bond donors (Lipinski definition) is 3. The molecule has 0 saturated heterocycles. The van der Waals surface area contributed by atoms with E-state index in [4.69, 9.17) is 10.5 Å². The second-order valence-electron chi connectivity index (χ2n) is 5.39. The summed E-state index contributed by atoms with van der Waals surface area (Å²) in [5, 5.41) is 4.60. The van der Waals surface area contributed by atoms with Crippen LogP contribution in [0.4, 0.5) is 16.2 Å². The number of hydrazine groups is 1. The molecule has 2 amide bonds. The Morgan fingerprint density at radius 3 is 2.38 bits per heavy atom. The predicted octanol–water partition coefficient (Wildman–Crippen LogP) is 3.75. The number of nitrogens with two attached hydrogens (primary N) is 1. The molecule has 0 radical (unpaired) electrons. The van der Waals surface area contributed by atoms with Crippen LogP contribution in [0.15, 0.2) is 42.5 Å². The topological polar surface area (TPSA) is 79.6 Å². The number of carbonyl (C=O) groups excluding carboxylic acids is 1. The number of amides is 2. The number of carbonyl (C=O) groups is 1. The summed E-state index contributed by atoms with van der Waals surface area (Å²) in [6.07, 6.45) is 0. The van der Waals surface area contributed by atoms with Crippen molar-refractivity contribution in [2.75, 3.05) is 24.1 Å². The van der Waals surface area contributed by atoms with Crippen LogP contribution in [-0.4, -0.2) is 24.1 Å². The molecule has 6 nitrogen and oxygen atoms in total. The standard InChI is InChI=1S/C18H24N4O2/c1-4-22(5-2)21-18(23)20-15-7-9-16(10-8-15)24-17-11-6-14(19)12-13(17)3/h6-12H,4-5,19H2,1-3H3,(H2,20,21,23). The lowest BCUT2D eigenvalue weighted by Gasteiger charge is -2.19. The second kappa shape index (κ2) is 8.21. The van der Waals surface area contributed by atoms with Gasteiger partial charge in [0.2, 0.25) is 0 Å². The lowest BCUT2D eigenvalue weighted by molar-refractivity contribution is 0.197. The van der Waals surface area contributed by atoms with Crippen LogP contribution < -0.4 is 21.2 Å². The van der Waals surface area contributed by atoms with Crippen molar-refractivity contribution in [2.24, 2.45) is 0 Å². The van der Waals surface area contributed by atoms with E-state index in [0.29, 0.717) is 17.1 Å². The monoisotopic (exact) mass is 328 g/mol. The van der Waals surface area contributed by atoms with Gasteiger partial charge in [0.25, 0.3) is 0 Å². The summed E-state index contributed by atoms with van der Waals surface area (Å²) in [4.78, 5) is 11.9. The average molecular weight is 328 g/mol. The molecule has 0 unspecified atom stereocenters. The fourth-order valence-corrected chi connectivity index (χ4v) is 2.20. The highest BCUT2D eigenvalue weighted by Crippen LogP contribution is 2.27. The number of rotatable bonds is 6. The molecule has 2 aromatic rings. The molecule has 0 aliphatic rings. The van der Waals surface area contributed by atoms with Crippen molar-refractivity contribution in [1.82, 2.24) is 10.4 Å². The van der Waals surface area contributed by atoms with E-state index in [1.165, 1.54) is 0 Å². The van der Waals surface area contributed by atoms with Crippen LogP contribution in [-0.2, 0) is 0 Å². The molecular formula is C18H24N4O2. The summed E-state index contributed by atoms with van der Waals surface area (Å²) in [7, 11) is 0. The minimum atomic E-state index is -0.262. The van der Waals surface area contributed by atoms with Crippen molar-refractivity contribution < 1.29 is 9.53 Å². The molecule has 0 bridgehead atoms. The van der Waals surface area contributed by atoms with Gasteiger partial charge in [0.15, 0.2) is 0 Å². The molecule has 2 aromatic carbocycles. The Morgan fingerprint density at radius 2 is 1.79 bits per heavy atom. The van der Waals surface area contributed by atoms with Crippen LogP contribution in [0.2, 0.25) is 0 Å². The van der Waals surface area contributed by atoms with Crippen LogP contribution in [0.25, 0.3) is 0 Å². The second-order valence-corrected chi connectivity index (χ2v) is 5.39. The zero-order valence-corrected chi connectivity index (χ0v) is 14.3. The summed E-state index contributed by atoms with van der Waals surface area (Å²) >= 11 is 0. The normalized spacial score (nSPS) is 10.5. The van der Waals surface area contributed by atoms with Gasteiger partial charge in [-0.1, -0.05) is 13.8 Å². The third-order valence-corrected chi connectivity index (χ3v) is 3.56. The van der Waals surface area contributed by atoms with Crippen molar-refractivity contribution in [3.63, 3.8) is 0 Å². The molecule has 4 N–H and O–H groups in total. The Hall–Kier alpha value is -2.73. The van der Waals surface area contributed by atoms with E-state index < -0.39 is 0 Å². The van der Waals surface area contributed by atoms with Gasteiger partial charge in [-0.3, -0.25) is 5.43 Å². The summed E-state index contributed by atoms with van der Waals surface area (Å²) in [5.74, 6) is 1.45. The Balaban J connectivity index is 1.96. The first-order chi connectivity index (χ1) is 11.5. The molecule has 0 heterocycles. The number of benzene rings is 2. The number of nitrogens with zero attached hydrogens (tertiary/aromatic N) is 1. The number of anilines is 2. The van der Waals surface area contributed by atoms with Crippen LogP contribution in [0, 0.1) is 6.92 Å². The maximum Gasteiger partial charge on any atom is 0.333 e. The van der Waals surface area contributed by atoms with E-state index in [1.54, 1.807) is 18.2 Å². The molecule has 128 valence electrons. The maximum absolute atomic E-state index is 11.9. The van der Waals surface area contributed by atoms with E-state index in [-0.39, 0.29) is 6.03 Å². The first kappa shape index (κ1) is 17.6. The molecule has 0 aliphatic heterocycles. The van der Waals surface area contributed by atoms with Crippen LogP contribution in [0.1, 0.15) is 19.4 Å². The van der Waals surface area contributed by atoms with Gasteiger partial charge in [-0.15, -0.1) is 0 Å². The van der Waals surface area contributed by atoms with Crippen molar-refractivity contribution in [2.45, 2.75) is 20.8 Å². The molecular weight excluding hydrogens is 304 g/mol. The van der Waals surface area contributed by atoms with Gasteiger partial charge >= 0.3 is 6.03 Å². The number of nitrogen functional groups attached to an aromatic ring is 1. The number of urea groups is 1. The van der Waals surface area contributed by atoms with E-state index in [0.717, 1.165) is 24.4 Å². The number of hydrogen-bond acceptors (Lipinski definition) is 4. The summed E-state index contributed by atoms with van der Waals surface area (Å²) in [5.41, 5.74) is 10.9. The number of nitrogens with one attached hydrogen (secondary N) is 2. The summed E-state index contributed by atoms with van der Waals surface area (Å²) in [6.45, 7) is 7.40. The highest BCUT2D eigenvalue weighted by molar-refractivity contribution is 5.88. The fourth-order valence-electron chi connectivity index (χ4n) is 2.20. The summed E-state index contributed by atoms with van der Waals surface area (Å²) < 4.78 is 5.83. The van der Waals surface area contributed by atoms with E-state index >= 15 is 0 Å². The van der Waals surface area contributed by atoms with Crippen molar-refractivity contribution in [1.29, 1.82) is 0 Å². The van der Waals surface area contributed by atoms with E-state index in [9.17, 15) is 4.79 Å². The molecule has 0 spiro atoms. The maximum atomic E-state index is 11.9. The third-order valence-electron chi connectivity index (χ3n) is 3.56. The molecule has 0 fully saturated rings. The zero-order chi connectivity index (χ0) is 17.5. The predicted molar refractivity (Wildman–Crippen MR) is 97.2 cm³/mol. The Bertz CT molecular complexity index is 682.